The molecule has 0 unspecified atom stereocenters. The molecule has 0 saturated carbocycles. The Kier molecular flexibility index (Phi) is 2.58. The Balaban J connectivity index is 2.18. The Morgan fingerprint density at radius 3 is 2.12 bits per heavy atom. The van der Waals surface area contributed by atoms with Crippen molar-refractivity contribution in [3.63, 3.8) is 0 Å². The summed E-state index contributed by atoms with van der Waals surface area (Å²) in [4.78, 5) is 0. The standard InChI is InChI=1S/C12H5Cl3O2/c13-6-5-9-12(11(15)10(6)14)17-8-4-2-1-3-7(8)16-9/h1-5H. The fraction of sp³-hybridized carbons (Fsp3) is 0. The molecule has 0 aromatic heterocycles. The largest absolute Gasteiger partial charge is 0.449 e. The molecule has 2 aromatic carbocycles. The highest BCUT2D eigenvalue weighted by atomic mass is 35.5. The summed E-state index contributed by atoms with van der Waals surface area (Å²) >= 11 is 17.9. The molecule has 0 amide bonds. The lowest BCUT2D eigenvalue weighted by Crippen LogP contribution is -1.99. The molecule has 1 aliphatic heterocycles. The SMILES string of the molecule is Clc1cc2c(c(Cl)c1Cl)Oc1ccccc1O2. The number of hydrogen-bond acceptors (Lipinski definition) is 2. The number of ether oxygens (including phenoxy) is 2. The molecular weight excluding hydrogens is 282 g/mol. The van der Waals surface area contributed by atoms with Gasteiger partial charge in [0.25, 0.3) is 0 Å². The minimum atomic E-state index is 0.253. The average Bonchev–Trinajstić information content (AvgIpc) is 2.34. The maximum absolute atomic E-state index is 6.06. The van der Waals surface area contributed by atoms with Gasteiger partial charge in [-0.2, -0.15) is 0 Å². The van der Waals surface area contributed by atoms with Gasteiger partial charge in [0.05, 0.1) is 10.0 Å². The highest BCUT2D eigenvalue weighted by Crippen LogP contribution is 2.52. The minimum absolute atomic E-state index is 0.253. The molecular formula is C12H5Cl3O2. The third-order valence-corrected chi connectivity index (χ3v) is 3.61. The average molecular weight is 288 g/mol. The number of rotatable bonds is 0. The van der Waals surface area contributed by atoms with Gasteiger partial charge in [0.1, 0.15) is 5.02 Å². The van der Waals surface area contributed by atoms with Crippen molar-refractivity contribution in [2.45, 2.75) is 0 Å². The van der Waals surface area contributed by atoms with Gasteiger partial charge in [-0.05, 0) is 12.1 Å². The van der Waals surface area contributed by atoms with Crippen LogP contribution in [0.15, 0.2) is 30.3 Å². The predicted molar refractivity (Wildman–Crippen MR) is 68.1 cm³/mol. The second-order valence-corrected chi connectivity index (χ2v) is 4.63. The normalized spacial score (nSPS) is 12.2. The lowest BCUT2D eigenvalue weighted by Gasteiger charge is -2.21. The van der Waals surface area contributed by atoms with Gasteiger partial charge in [-0.1, -0.05) is 46.9 Å². The van der Waals surface area contributed by atoms with Crippen LogP contribution >= 0.6 is 34.8 Å². The van der Waals surface area contributed by atoms with Crippen LogP contribution in [0, 0.1) is 0 Å². The summed E-state index contributed by atoms with van der Waals surface area (Å²) in [7, 11) is 0. The lowest BCUT2D eigenvalue weighted by molar-refractivity contribution is 0.360. The van der Waals surface area contributed by atoms with Crippen molar-refractivity contribution in [1.29, 1.82) is 0 Å². The van der Waals surface area contributed by atoms with Gasteiger partial charge in [-0.25, -0.2) is 0 Å². The molecule has 0 radical (unpaired) electrons. The van der Waals surface area contributed by atoms with Crippen LogP contribution in [-0.2, 0) is 0 Å². The molecule has 5 heteroatoms. The summed E-state index contributed by atoms with van der Waals surface area (Å²) in [6.45, 7) is 0. The van der Waals surface area contributed by atoms with Gasteiger partial charge in [0.2, 0.25) is 0 Å². The Bertz CT molecular complexity index is 611. The summed E-state index contributed by atoms with van der Waals surface area (Å²) in [6.07, 6.45) is 0. The zero-order valence-corrected chi connectivity index (χ0v) is 10.6. The number of halogens is 3. The van der Waals surface area contributed by atoms with Gasteiger partial charge in [0.15, 0.2) is 23.0 Å². The van der Waals surface area contributed by atoms with E-state index in [0.29, 0.717) is 28.0 Å². The van der Waals surface area contributed by atoms with Crippen LogP contribution in [0.25, 0.3) is 0 Å². The molecule has 1 aliphatic rings. The molecule has 2 nitrogen and oxygen atoms in total. The van der Waals surface area contributed by atoms with Gasteiger partial charge in [-0.15, -0.1) is 0 Å². The number of fused-ring (bicyclic) bond motifs is 2. The highest BCUT2D eigenvalue weighted by molar-refractivity contribution is 6.48. The molecule has 0 fully saturated rings. The molecule has 0 spiro atoms. The fourth-order valence-electron chi connectivity index (χ4n) is 1.57. The smallest absolute Gasteiger partial charge is 0.190 e. The van der Waals surface area contributed by atoms with Gasteiger partial charge in [0, 0.05) is 6.07 Å². The van der Waals surface area contributed by atoms with E-state index >= 15 is 0 Å². The van der Waals surface area contributed by atoms with Gasteiger partial charge < -0.3 is 9.47 Å². The Morgan fingerprint density at radius 2 is 1.41 bits per heavy atom. The minimum Gasteiger partial charge on any atom is -0.449 e. The Morgan fingerprint density at radius 1 is 0.765 bits per heavy atom. The van der Waals surface area contributed by atoms with E-state index in [4.69, 9.17) is 44.3 Å². The second kappa shape index (κ2) is 3.98. The first kappa shape index (κ1) is 11.0. The molecule has 2 aromatic rings. The van der Waals surface area contributed by atoms with E-state index in [1.54, 1.807) is 18.2 Å². The monoisotopic (exact) mass is 286 g/mol. The highest BCUT2D eigenvalue weighted by Gasteiger charge is 2.24. The zero-order valence-electron chi connectivity index (χ0n) is 8.34. The van der Waals surface area contributed by atoms with Crippen molar-refractivity contribution in [3.8, 4) is 23.0 Å². The third kappa shape index (κ3) is 1.73. The summed E-state index contributed by atoms with van der Waals surface area (Å²) in [5, 5.41) is 0.845. The molecule has 0 atom stereocenters. The van der Waals surface area contributed by atoms with Crippen LogP contribution in [0.1, 0.15) is 0 Å². The molecule has 0 bridgehead atoms. The summed E-state index contributed by atoms with van der Waals surface area (Å²) in [6, 6.07) is 8.87. The molecule has 86 valence electrons. The van der Waals surface area contributed by atoms with E-state index in [-0.39, 0.29) is 10.0 Å². The summed E-state index contributed by atoms with van der Waals surface area (Å²) < 4.78 is 11.3. The van der Waals surface area contributed by atoms with E-state index in [1.165, 1.54) is 0 Å². The van der Waals surface area contributed by atoms with Crippen molar-refractivity contribution >= 4 is 34.8 Å². The van der Waals surface area contributed by atoms with E-state index in [9.17, 15) is 0 Å². The van der Waals surface area contributed by atoms with E-state index < -0.39 is 0 Å². The summed E-state index contributed by atoms with van der Waals surface area (Å²) in [5.41, 5.74) is 0. The number of para-hydroxylation sites is 2. The molecule has 17 heavy (non-hydrogen) atoms. The molecule has 0 saturated heterocycles. The van der Waals surface area contributed by atoms with Crippen molar-refractivity contribution < 1.29 is 9.47 Å². The quantitative estimate of drug-likeness (QED) is 0.505. The van der Waals surface area contributed by atoms with Crippen molar-refractivity contribution in [2.75, 3.05) is 0 Å². The van der Waals surface area contributed by atoms with Crippen LogP contribution in [0.3, 0.4) is 0 Å². The maximum Gasteiger partial charge on any atom is 0.190 e. The first-order chi connectivity index (χ1) is 8.16. The second-order valence-electron chi connectivity index (χ2n) is 3.46. The first-order valence-electron chi connectivity index (χ1n) is 4.79. The maximum atomic E-state index is 6.06. The summed E-state index contributed by atoms with van der Waals surface area (Å²) in [5.74, 6) is 2.07. The van der Waals surface area contributed by atoms with E-state index in [1.807, 2.05) is 12.1 Å². The lowest BCUT2D eigenvalue weighted by atomic mass is 10.2. The number of benzene rings is 2. The van der Waals surface area contributed by atoms with Gasteiger partial charge >= 0.3 is 0 Å². The first-order valence-corrected chi connectivity index (χ1v) is 5.92. The Labute approximate surface area is 113 Å². The van der Waals surface area contributed by atoms with Crippen LogP contribution < -0.4 is 9.47 Å². The van der Waals surface area contributed by atoms with Crippen molar-refractivity contribution in [2.24, 2.45) is 0 Å². The molecule has 3 rings (SSSR count). The van der Waals surface area contributed by atoms with Crippen molar-refractivity contribution in [3.05, 3.63) is 45.4 Å². The van der Waals surface area contributed by atoms with Crippen LogP contribution in [-0.4, -0.2) is 0 Å². The molecule has 0 aliphatic carbocycles. The van der Waals surface area contributed by atoms with Crippen LogP contribution in [0.4, 0.5) is 0 Å². The van der Waals surface area contributed by atoms with Crippen LogP contribution in [0.2, 0.25) is 15.1 Å². The van der Waals surface area contributed by atoms with Crippen molar-refractivity contribution in [1.82, 2.24) is 0 Å². The molecule has 1 heterocycles. The predicted octanol–water partition coefficient (Wildman–Crippen LogP) is 5.54. The zero-order chi connectivity index (χ0) is 12.0. The van der Waals surface area contributed by atoms with E-state index in [0.717, 1.165) is 0 Å². The number of hydrogen-bond donors (Lipinski definition) is 0. The van der Waals surface area contributed by atoms with Gasteiger partial charge in [-0.3, -0.25) is 0 Å². The van der Waals surface area contributed by atoms with E-state index in [2.05, 4.69) is 0 Å². The molecule has 0 N–H and O–H groups in total. The topological polar surface area (TPSA) is 18.5 Å². The Hall–Kier alpha value is -1.09. The third-order valence-electron chi connectivity index (χ3n) is 2.36. The van der Waals surface area contributed by atoms with Crippen LogP contribution in [0.5, 0.6) is 23.0 Å². The fourth-order valence-corrected chi connectivity index (χ4v) is 2.19.